The fourth-order valence-corrected chi connectivity index (χ4v) is 4.20. The molecule has 1 aliphatic rings. The Kier molecular flexibility index (Phi) is 20.0. The molecule has 4 nitrogen and oxygen atoms in total. The van der Waals surface area contributed by atoms with Gasteiger partial charge in [-0.05, 0) is 25.7 Å². The van der Waals surface area contributed by atoms with E-state index in [4.69, 9.17) is 14.9 Å². The summed E-state index contributed by atoms with van der Waals surface area (Å²) in [5.74, 6) is 0. The molecule has 4 heteroatoms. The van der Waals surface area contributed by atoms with Gasteiger partial charge in [-0.25, -0.2) is 0 Å². The normalized spacial score (nSPS) is 18.5. The number of quaternary nitrogens is 1. The van der Waals surface area contributed by atoms with Crippen LogP contribution < -0.4 is 0 Å². The lowest BCUT2D eigenvalue weighted by molar-refractivity contribution is -0.898. The van der Waals surface area contributed by atoms with Gasteiger partial charge in [-0.2, -0.15) is 0 Å². The molecule has 1 atom stereocenters. The van der Waals surface area contributed by atoms with Crippen LogP contribution in [0.4, 0.5) is 0 Å². The number of likely N-dealkylation sites (N-methyl/N-ethyl adjacent to an activating group) is 1. The first kappa shape index (κ1) is 27.8. The van der Waals surface area contributed by atoms with E-state index in [-0.39, 0.29) is 0 Å². The molecule has 1 saturated heterocycles. The Labute approximate surface area is 176 Å². The fraction of sp³-hybridized carbons (Fsp3) is 1.00. The Morgan fingerprint density at radius 1 is 0.714 bits per heavy atom. The molecule has 28 heavy (non-hydrogen) atoms. The van der Waals surface area contributed by atoms with Crippen LogP contribution in [0.5, 0.6) is 0 Å². The van der Waals surface area contributed by atoms with Crippen molar-refractivity contribution in [3.05, 3.63) is 0 Å². The predicted molar refractivity (Wildman–Crippen MR) is 121 cm³/mol. The standard InChI is InChI=1S/C23H48NO2.CH4O/c1-24(2)19-17-18-23(22-24)26-21-16-14-12-10-8-6-4-3-5-7-9-11-13-15-20-25;1-2/h23,25H,3-22H2,1-2H3;2H,1H3/q+1;. The molecule has 0 aliphatic carbocycles. The van der Waals surface area contributed by atoms with Crippen molar-refractivity contribution in [2.45, 2.75) is 109 Å². The highest BCUT2D eigenvalue weighted by Crippen LogP contribution is 2.17. The average Bonchev–Trinajstić information content (AvgIpc) is 2.68. The van der Waals surface area contributed by atoms with Crippen LogP contribution in [0.2, 0.25) is 0 Å². The summed E-state index contributed by atoms with van der Waals surface area (Å²) in [5, 5.41) is 15.7. The molecular formula is C24H52NO3+. The Bertz CT molecular complexity index is 310. The second-order valence-corrected chi connectivity index (χ2v) is 9.15. The summed E-state index contributed by atoms with van der Waals surface area (Å²) in [6.07, 6.45) is 21.9. The van der Waals surface area contributed by atoms with Crippen LogP contribution in [0.25, 0.3) is 0 Å². The number of aliphatic hydroxyl groups is 2. The van der Waals surface area contributed by atoms with Crippen LogP contribution in [-0.4, -0.2) is 68.3 Å². The lowest BCUT2D eigenvalue weighted by atomic mass is 10.0. The number of rotatable bonds is 17. The van der Waals surface area contributed by atoms with Gasteiger partial charge in [0.05, 0.1) is 20.6 Å². The Hall–Kier alpha value is -0.160. The molecule has 0 aromatic rings. The van der Waals surface area contributed by atoms with Crippen molar-refractivity contribution in [2.75, 3.05) is 47.5 Å². The number of piperidine rings is 1. The number of unbranched alkanes of at least 4 members (excludes halogenated alkanes) is 13. The first-order valence-electron chi connectivity index (χ1n) is 12.1. The molecule has 1 heterocycles. The number of likely N-dealkylation sites (tertiary alicyclic amines) is 1. The van der Waals surface area contributed by atoms with E-state index in [0.29, 0.717) is 12.7 Å². The van der Waals surface area contributed by atoms with Gasteiger partial charge in [-0.1, -0.05) is 77.0 Å². The minimum absolute atomic E-state index is 0.366. The largest absolute Gasteiger partial charge is 0.400 e. The third kappa shape index (κ3) is 17.9. The SMILES string of the molecule is CO.C[N+]1(C)CCCC(OCCCCCCCCCCCCCCCCO)C1. The molecule has 0 spiro atoms. The maximum atomic E-state index is 8.73. The van der Waals surface area contributed by atoms with Gasteiger partial charge in [-0.3, -0.25) is 0 Å². The number of aliphatic hydroxyl groups excluding tert-OH is 2. The Balaban J connectivity index is 0.00000352. The van der Waals surface area contributed by atoms with Crippen molar-refractivity contribution in [1.29, 1.82) is 0 Å². The summed E-state index contributed by atoms with van der Waals surface area (Å²) in [7, 11) is 5.66. The van der Waals surface area contributed by atoms with Crippen molar-refractivity contribution in [3.8, 4) is 0 Å². The van der Waals surface area contributed by atoms with Gasteiger partial charge < -0.3 is 19.4 Å². The molecule has 0 saturated carbocycles. The maximum Gasteiger partial charge on any atom is 0.107 e. The molecule has 0 bridgehead atoms. The summed E-state index contributed by atoms with van der Waals surface area (Å²) >= 11 is 0. The highest BCUT2D eigenvalue weighted by molar-refractivity contribution is 4.63. The van der Waals surface area contributed by atoms with E-state index in [9.17, 15) is 0 Å². The molecule has 0 aromatic carbocycles. The van der Waals surface area contributed by atoms with Crippen LogP contribution in [0.15, 0.2) is 0 Å². The van der Waals surface area contributed by atoms with Crippen molar-refractivity contribution in [2.24, 2.45) is 0 Å². The lowest BCUT2D eigenvalue weighted by Gasteiger charge is -2.37. The average molecular weight is 403 g/mol. The van der Waals surface area contributed by atoms with Gasteiger partial charge in [0.25, 0.3) is 0 Å². The molecular weight excluding hydrogens is 350 g/mol. The quantitative estimate of drug-likeness (QED) is 0.256. The van der Waals surface area contributed by atoms with Crippen LogP contribution >= 0.6 is 0 Å². The first-order chi connectivity index (χ1) is 13.6. The smallest absolute Gasteiger partial charge is 0.107 e. The number of hydrogen-bond acceptors (Lipinski definition) is 3. The summed E-state index contributed by atoms with van der Waals surface area (Å²) in [4.78, 5) is 0. The van der Waals surface area contributed by atoms with Gasteiger partial charge in [-0.15, -0.1) is 0 Å². The second-order valence-electron chi connectivity index (χ2n) is 9.15. The summed E-state index contributed by atoms with van der Waals surface area (Å²) in [6.45, 7) is 3.85. The predicted octanol–water partition coefficient (Wildman–Crippen LogP) is 5.30. The van der Waals surface area contributed by atoms with E-state index in [0.717, 1.165) is 24.6 Å². The van der Waals surface area contributed by atoms with Gasteiger partial charge in [0.1, 0.15) is 12.6 Å². The Morgan fingerprint density at radius 2 is 1.14 bits per heavy atom. The highest BCUT2D eigenvalue weighted by atomic mass is 16.5. The van der Waals surface area contributed by atoms with Crippen molar-refractivity contribution in [1.82, 2.24) is 0 Å². The zero-order valence-electron chi connectivity index (χ0n) is 19.5. The van der Waals surface area contributed by atoms with E-state index in [2.05, 4.69) is 14.1 Å². The van der Waals surface area contributed by atoms with Crippen LogP contribution in [0.3, 0.4) is 0 Å². The molecule has 1 unspecified atom stereocenters. The van der Waals surface area contributed by atoms with Crippen molar-refractivity contribution < 1.29 is 19.4 Å². The summed E-state index contributed by atoms with van der Waals surface area (Å²) in [6, 6.07) is 0. The van der Waals surface area contributed by atoms with Gasteiger partial charge in [0.15, 0.2) is 0 Å². The highest BCUT2D eigenvalue weighted by Gasteiger charge is 2.27. The lowest BCUT2D eigenvalue weighted by Crippen LogP contribution is -2.50. The zero-order valence-corrected chi connectivity index (χ0v) is 19.5. The molecule has 1 aliphatic heterocycles. The van der Waals surface area contributed by atoms with Gasteiger partial charge >= 0.3 is 0 Å². The number of ether oxygens (including phenoxy) is 1. The van der Waals surface area contributed by atoms with Crippen molar-refractivity contribution in [3.63, 3.8) is 0 Å². The zero-order chi connectivity index (χ0) is 20.9. The molecule has 1 rings (SSSR count). The Morgan fingerprint density at radius 3 is 1.57 bits per heavy atom. The topological polar surface area (TPSA) is 49.7 Å². The van der Waals surface area contributed by atoms with E-state index in [1.165, 1.54) is 109 Å². The van der Waals surface area contributed by atoms with Gasteiger partial charge in [0, 0.05) is 20.3 Å². The molecule has 170 valence electrons. The minimum Gasteiger partial charge on any atom is -0.400 e. The van der Waals surface area contributed by atoms with Crippen molar-refractivity contribution >= 4 is 0 Å². The van der Waals surface area contributed by atoms with Crippen LogP contribution in [0, 0.1) is 0 Å². The third-order valence-corrected chi connectivity index (χ3v) is 5.89. The maximum absolute atomic E-state index is 8.73. The van der Waals surface area contributed by atoms with Gasteiger partial charge in [0.2, 0.25) is 0 Å². The number of nitrogens with zero attached hydrogens (tertiary/aromatic N) is 1. The fourth-order valence-electron chi connectivity index (χ4n) is 4.20. The molecule has 0 aromatic heterocycles. The summed E-state index contributed by atoms with van der Waals surface area (Å²) in [5.41, 5.74) is 0. The van der Waals surface area contributed by atoms with E-state index in [1.54, 1.807) is 0 Å². The third-order valence-electron chi connectivity index (χ3n) is 5.89. The van der Waals surface area contributed by atoms with E-state index >= 15 is 0 Å². The van der Waals surface area contributed by atoms with Crippen LogP contribution in [0.1, 0.15) is 103 Å². The molecule has 0 radical (unpaired) electrons. The van der Waals surface area contributed by atoms with Crippen LogP contribution in [-0.2, 0) is 4.74 Å². The second kappa shape index (κ2) is 20.1. The molecule has 0 amide bonds. The molecule has 2 N–H and O–H groups in total. The monoisotopic (exact) mass is 402 g/mol. The molecule has 1 fully saturated rings. The van der Waals surface area contributed by atoms with E-state index in [1.807, 2.05) is 0 Å². The number of hydrogen-bond donors (Lipinski definition) is 2. The summed E-state index contributed by atoms with van der Waals surface area (Å²) < 4.78 is 7.24. The minimum atomic E-state index is 0.366. The first-order valence-corrected chi connectivity index (χ1v) is 12.1. The van der Waals surface area contributed by atoms with E-state index < -0.39 is 0 Å².